The van der Waals surface area contributed by atoms with E-state index in [-0.39, 0.29) is 13.0 Å². The molecule has 0 fully saturated rings. The lowest BCUT2D eigenvalue weighted by Gasteiger charge is -2.32. The van der Waals surface area contributed by atoms with Gasteiger partial charge in [0.25, 0.3) is 0 Å². The zero-order valence-corrected chi connectivity index (χ0v) is 14.1. The van der Waals surface area contributed by atoms with E-state index in [1.807, 2.05) is 44.2 Å². The van der Waals surface area contributed by atoms with Gasteiger partial charge in [-0.3, -0.25) is 0 Å². The highest BCUT2D eigenvalue weighted by molar-refractivity contribution is 5.65. The molecule has 7 heteroatoms. The van der Waals surface area contributed by atoms with Crippen molar-refractivity contribution in [3.63, 3.8) is 0 Å². The topological polar surface area (TPSA) is 125 Å². The van der Waals surface area contributed by atoms with E-state index in [1.54, 1.807) is 0 Å². The Labute approximate surface area is 141 Å². The molecule has 5 N–H and O–H groups in total. The number of benzene rings is 1. The van der Waals surface area contributed by atoms with Crippen LogP contribution in [-0.2, 0) is 15.9 Å². The summed E-state index contributed by atoms with van der Waals surface area (Å²) < 4.78 is 9.52. The third-order valence-corrected chi connectivity index (χ3v) is 3.98. The molecule has 0 radical (unpaired) electrons. The fraction of sp³-hybridized carbons (Fsp3) is 0.529. The number of carbonyl (C=O) groups excluding carboxylic acids is 2. The number of hydrogen-bond acceptors (Lipinski definition) is 5. The maximum Gasteiger partial charge on any atom is 0.404 e. The van der Waals surface area contributed by atoms with Crippen molar-refractivity contribution in [2.45, 2.75) is 45.3 Å². The number of hydrogen-bond donors (Lipinski definition) is 3. The summed E-state index contributed by atoms with van der Waals surface area (Å²) in [5.74, 6) is 0. The van der Waals surface area contributed by atoms with E-state index in [4.69, 9.17) is 16.2 Å². The Hall–Kier alpha value is -2.28. The number of aliphatic hydroxyl groups is 1. The maximum absolute atomic E-state index is 10.9. The molecule has 1 aromatic carbocycles. The number of rotatable bonds is 9. The number of aliphatic hydroxyl groups excluding tert-OH is 1. The zero-order chi connectivity index (χ0) is 18.2. The van der Waals surface area contributed by atoms with Crippen LogP contribution in [0.5, 0.6) is 0 Å². The summed E-state index contributed by atoms with van der Waals surface area (Å²) in [7, 11) is 0. The van der Waals surface area contributed by atoms with Gasteiger partial charge in [0.15, 0.2) is 0 Å². The molecule has 0 aliphatic carbocycles. The van der Waals surface area contributed by atoms with E-state index >= 15 is 0 Å². The van der Waals surface area contributed by atoms with Crippen LogP contribution >= 0.6 is 0 Å². The molecule has 0 aliphatic rings. The monoisotopic (exact) mass is 338 g/mol. The first-order valence-corrected chi connectivity index (χ1v) is 7.81. The number of amides is 2. The fourth-order valence-electron chi connectivity index (χ4n) is 2.34. The highest BCUT2D eigenvalue weighted by atomic mass is 16.6. The third kappa shape index (κ3) is 7.32. The van der Waals surface area contributed by atoms with Gasteiger partial charge in [-0.15, -0.1) is 0 Å². The number of aryl methyl sites for hydroxylation is 1. The lowest BCUT2D eigenvalue weighted by atomic mass is 9.79. The summed E-state index contributed by atoms with van der Waals surface area (Å²) in [6.07, 6.45) is -1.96. The first-order chi connectivity index (χ1) is 11.2. The second-order valence-corrected chi connectivity index (χ2v) is 6.41. The van der Waals surface area contributed by atoms with Gasteiger partial charge in [-0.1, -0.05) is 44.2 Å². The lowest BCUT2D eigenvalue weighted by molar-refractivity contribution is -0.0215. The van der Waals surface area contributed by atoms with Gasteiger partial charge in [0.05, 0.1) is 6.10 Å². The Kier molecular flexibility index (Phi) is 7.51. The summed E-state index contributed by atoms with van der Waals surface area (Å²) >= 11 is 0. The van der Waals surface area contributed by atoms with Gasteiger partial charge >= 0.3 is 12.2 Å². The number of carbonyl (C=O) groups is 2. The predicted octanol–water partition coefficient (Wildman–Crippen LogP) is 1.96. The van der Waals surface area contributed by atoms with Gasteiger partial charge in [-0.25, -0.2) is 9.59 Å². The van der Waals surface area contributed by atoms with Crippen LogP contribution in [0.1, 0.15) is 32.3 Å². The smallest absolute Gasteiger partial charge is 0.404 e. The Morgan fingerprint density at radius 3 is 2.33 bits per heavy atom. The minimum absolute atomic E-state index is 0.0952. The first kappa shape index (κ1) is 19.8. The van der Waals surface area contributed by atoms with E-state index in [2.05, 4.69) is 4.74 Å². The van der Waals surface area contributed by atoms with Gasteiger partial charge in [-0.05, 0) is 23.8 Å². The van der Waals surface area contributed by atoms with Gasteiger partial charge < -0.3 is 26.0 Å². The van der Waals surface area contributed by atoms with E-state index in [0.29, 0.717) is 0 Å². The molecule has 24 heavy (non-hydrogen) atoms. The van der Waals surface area contributed by atoms with Crippen LogP contribution in [0.15, 0.2) is 30.3 Å². The normalized spacial score (nSPS) is 13.8. The predicted molar refractivity (Wildman–Crippen MR) is 89.2 cm³/mol. The molecule has 134 valence electrons. The van der Waals surface area contributed by atoms with E-state index < -0.39 is 29.8 Å². The largest absolute Gasteiger partial charge is 0.446 e. The van der Waals surface area contributed by atoms with Gasteiger partial charge in [0, 0.05) is 6.42 Å². The molecule has 0 spiro atoms. The first-order valence-electron chi connectivity index (χ1n) is 7.81. The maximum atomic E-state index is 10.9. The average molecular weight is 338 g/mol. The minimum atomic E-state index is -0.998. The number of primary amides is 2. The SMILES string of the molecule is CC(C)(CCc1ccccc1)C(O)C[C@@H](COC(N)=O)OC(N)=O. The molecular weight excluding hydrogens is 312 g/mol. The van der Waals surface area contributed by atoms with Crippen molar-refractivity contribution in [1.29, 1.82) is 0 Å². The summed E-state index contributed by atoms with van der Waals surface area (Å²) in [4.78, 5) is 21.6. The standard InChI is InChI=1S/C17H26N2O5/c1-17(2,9-8-12-6-4-3-5-7-12)14(20)10-13(24-16(19)22)11-23-15(18)21/h3-7,13-14,20H,8-11H2,1-2H3,(H2,18,21)(H2,19,22)/t13-,14?/m0/s1. The van der Waals surface area contributed by atoms with E-state index in [9.17, 15) is 14.7 Å². The van der Waals surface area contributed by atoms with Crippen LogP contribution in [0.3, 0.4) is 0 Å². The summed E-state index contributed by atoms with van der Waals surface area (Å²) in [5.41, 5.74) is 10.7. The van der Waals surface area contributed by atoms with Crippen LogP contribution in [0, 0.1) is 5.41 Å². The molecule has 0 aliphatic heterocycles. The molecule has 2 atom stereocenters. The van der Waals surface area contributed by atoms with Crippen molar-refractivity contribution < 1.29 is 24.2 Å². The quantitative estimate of drug-likeness (QED) is 0.634. The van der Waals surface area contributed by atoms with Gasteiger partial charge in [-0.2, -0.15) is 0 Å². The fourth-order valence-corrected chi connectivity index (χ4v) is 2.34. The molecule has 2 amide bonds. The van der Waals surface area contributed by atoms with Crippen LogP contribution in [0.25, 0.3) is 0 Å². The highest BCUT2D eigenvalue weighted by Gasteiger charge is 2.31. The molecule has 0 saturated heterocycles. The number of ether oxygens (including phenoxy) is 2. The third-order valence-electron chi connectivity index (χ3n) is 3.98. The summed E-state index contributed by atoms with van der Waals surface area (Å²) in [5, 5.41) is 10.5. The lowest BCUT2D eigenvalue weighted by Crippen LogP contribution is -2.38. The number of nitrogens with two attached hydrogens (primary N) is 2. The van der Waals surface area contributed by atoms with Crippen molar-refractivity contribution in [3.05, 3.63) is 35.9 Å². The molecule has 0 heterocycles. The highest BCUT2D eigenvalue weighted by Crippen LogP contribution is 2.30. The molecule has 1 unspecified atom stereocenters. The Morgan fingerprint density at radius 1 is 1.17 bits per heavy atom. The van der Waals surface area contributed by atoms with Crippen LogP contribution in [0.4, 0.5) is 9.59 Å². The second kappa shape index (κ2) is 9.12. The molecule has 0 bridgehead atoms. The summed E-state index contributed by atoms with van der Waals surface area (Å²) in [6, 6.07) is 9.95. The molecule has 0 aromatic heterocycles. The average Bonchev–Trinajstić information content (AvgIpc) is 2.51. The van der Waals surface area contributed by atoms with Gasteiger partial charge in [0.2, 0.25) is 0 Å². The second-order valence-electron chi connectivity index (χ2n) is 6.41. The van der Waals surface area contributed by atoms with Gasteiger partial charge in [0.1, 0.15) is 12.7 Å². The van der Waals surface area contributed by atoms with Crippen molar-refractivity contribution >= 4 is 12.2 Å². The molecule has 0 saturated carbocycles. The van der Waals surface area contributed by atoms with E-state index in [1.165, 1.54) is 5.56 Å². The van der Waals surface area contributed by atoms with Crippen LogP contribution in [-0.4, -0.2) is 36.1 Å². The minimum Gasteiger partial charge on any atom is -0.446 e. The Bertz CT molecular complexity index is 533. The molecule has 7 nitrogen and oxygen atoms in total. The van der Waals surface area contributed by atoms with Crippen molar-refractivity contribution in [3.8, 4) is 0 Å². The molecular formula is C17H26N2O5. The van der Waals surface area contributed by atoms with E-state index in [0.717, 1.165) is 12.8 Å². The van der Waals surface area contributed by atoms with Crippen molar-refractivity contribution in [2.75, 3.05) is 6.61 Å². The van der Waals surface area contributed by atoms with Crippen LogP contribution < -0.4 is 11.5 Å². The molecule has 1 aromatic rings. The van der Waals surface area contributed by atoms with Crippen LogP contribution in [0.2, 0.25) is 0 Å². The Morgan fingerprint density at radius 2 is 1.79 bits per heavy atom. The zero-order valence-electron chi connectivity index (χ0n) is 14.1. The summed E-state index contributed by atoms with van der Waals surface area (Å²) in [6.45, 7) is 3.61. The molecule has 1 rings (SSSR count). The van der Waals surface area contributed by atoms with Crippen molar-refractivity contribution in [1.82, 2.24) is 0 Å². The Balaban J connectivity index is 2.60. The van der Waals surface area contributed by atoms with Crippen molar-refractivity contribution in [2.24, 2.45) is 16.9 Å².